The first-order valence-electron chi connectivity index (χ1n) is 8.86. The fourth-order valence-electron chi connectivity index (χ4n) is 3.76. The number of amides is 1. The van der Waals surface area contributed by atoms with Crippen molar-refractivity contribution in [2.24, 2.45) is 5.92 Å². The Bertz CT molecular complexity index is 474. The lowest BCUT2D eigenvalue weighted by molar-refractivity contribution is -0.133. The average Bonchev–Trinajstić information content (AvgIpc) is 3.13. The lowest BCUT2D eigenvalue weighted by atomic mass is 9.89. The summed E-state index contributed by atoms with van der Waals surface area (Å²) < 4.78 is 10.7. The summed E-state index contributed by atoms with van der Waals surface area (Å²) in [6.07, 6.45) is 5.15. The van der Waals surface area contributed by atoms with Gasteiger partial charge in [0.2, 0.25) is 5.91 Å². The van der Waals surface area contributed by atoms with E-state index in [1.807, 2.05) is 17.0 Å². The fourth-order valence-corrected chi connectivity index (χ4v) is 3.76. The van der Waals surface area contributed by atoms with Gasteiger partial charge < -0.3 is 14.1 Å². The topological polar surface area (TPSA) is 45.9 Å². The molecule has 0 radical (unpaired) electrons. The maximum atomic E-state index is 12.3. The zero-order valence-corrected chi connectivity index (χ0v) is 14.1. The Morgan fingerprint density at radius 2 is 2.00 bits per heavy atom. The van der Waals surface area contributed by atoms with E-state index < -0.39 is 0 Å². The third-order valence-corrected chi connectivity index (χ3v) is 5.36. The van der Waals surface area contributed by atoms with Gasteiger partial charge in [-0.05, 0) is 37.8 Å². The highest BCUT2D eigenvalue weighted by Crippen LogP contribution is 2.25. The molecule has 0 spiro atoms. The molecule has 3 rings (SSSR count). The van der Waals surface area contributed by atoms with Gasteiger partial charge in [0, 0.05) is 45.1 Å². The largest absolute Gasteiger partial charge is 0.469 e. The second-order valence-corrected chi connectivity index (χ2v) is 6.69. The Balaban J connectivity index is 1.41. The molecule has 128 valence electrons. The highest BCUT2D eigenvalue weighted by molar-refractivity contribution is 5.76. The number of carbonyl (C=O) groups excluding carboxylic acids is 1. The van der Waals surface area contributed by atoms with E-state index in [1.165, 1.54) is 0 Å². The van der Waals surface area contributed by atoms with Crippen molar-refractivity contribution in [2.75, 3.05) is 39.4 Å². The molecule has 1 amide bonds. The van der Waals surface area contributed by atoms with Crippen LogP contribution in [0.3, 0.4) is 0 Å². The first-order valence-corrected chi connectivity index (χ1v) is 8.86. The summed E-state index contributed by atoms with van der Waals surface area (Å²) in [5, 5.41) is 0. The van der Waals surface area contributed by atoms with Crippen LogP contribution in [-0.2, 0) is 16.0 Å². The first-order chi connectivity index (χ1) is 11.2. The monoisotopic (exact) mass is 320 g/mol. The molecular weight excluding hydrogens is 292 g/mol. The quantitative estimate of drug-likeness (QED) is 0.834. The van der Waals surface area contributed by atoms with Crippen molar-refractivity contribution >= 4 is 5.91 Å². The third kappa shape index (κ3) is 4.36. The van der Waals surface area contributed by atoms with Gasteiger partial charge in [-0.3, -0.25) is 9.69 Å². The molecule has 1 aromatic heterocycles. The molecule has 0 aliphatic carbocycles. The normalized spacial score (nSPS) is 22.2. The third-order valence-electron chi connectivity index (χ3n) is 5.36. The molecule has 2 aliphatic heterocycles. The van der Waals surface area contributed by atoms with E-state index in [-0.39, 0.29) is 5.91 Å². The van der Waals surface area contributed by atoms with Gasteiger partial charge in [-0.1, -0.05) is 0 Å². The Morgan fingerprint density at radius 1 is 1.26 bits per heavy atom. The van der Waals surface area contributed by atoms with Gasteiger partial charge in [0.1, 0.15) is 5.76 Å². The Kier molecular flexibility index (Phi) is 5.73. The standard InChI is InChI=1S/C18H28N2O3/c1-15(19-10-13-22-14-11-19)16-6-8-20(9-7-16)18(21)5-4-17-3-2-12-23-17/h2-3,12,15-16H,4-11,13-14H2,1H3/t15-/m1/s1. The number of hydrogen-bond acceptors (Lipinski definition) is 4. The molecule has 0 bridgehead atoms. The molecule has 0 saturated carbocycles. The molecule has 5 heteroatoms. The van der Waals surface area contributed by atoms with Crippen LogP contribution in [0.5, 0.6) is 0 Å². The number of furan rings is 1. The van der Waals surface area contributed by atoms with Crippen molar-refractivity contribution in [3.8, 4) is 0 Å². The number of rotatable bonds is 5. The van der Waals surface area contributed by atoms with Gasteiger partial charge in [0.15, 0.2) is 0 Å². The van der Waals surface area contributed by atoms with Crippen molar-refractivity contribution < 1.29 is 13.9 Å². The van der Waals surface area contributed by atoms with Crippen LogP contribution < -0.4 is 0 Å². The van der Waals surface area contributed by atoms with E-state index in [0.29, 0.717) is 24.8 Å². The number of piperidine rings is 1. The van der Waals surface area contributed by atoms with Crippen molar-refractivity contribution in [3.05, 3.63) is 24.2 Å². The molecule has 0 aromatic carbocycles. The highest BCUT2D eigenvalue weighted by Gasteiger charge is 2.29. The number of aryl methyl sites for hydroxylation is 1. The zero-order chi connectivity index (χ0) is 16.1. The minimum absolute atomic E-state index is 0.263. The molecule has 1 atom stereocenters. The molecule has 0 N–H and O–H groups in total. The van der Waals surface area contributed by atoms with Gasteiger partial charge >= 0.3 is 0 Å². The van der Waals surface area contributed by atoms with Gasteiger partial charge in [-0.25, -0.2) is 0 Å². The molecular formula is C18H28N2O3. The number of hydrogen-bond donors (Lipinski definition) is 0. The summed E-state index contributed by atoms with van der Waals surface area (Å²) in [6, 6.07) is 4.40. The van der Waals surface area contributed by atoms with Crippen molar-refractivity contribution in [1.82, 2.24) is 9.80 Å². The summed E-state index contributed by atoms with van der Waals surface area (Å²) >= 11 is 0. The Hall–Kier alpha value is -1.33. The summed E-state index contributed by atoms with van der Waals surface area (Å²) in [4.78, 5) is 16.9. The predicted molar refractivity (Wildman–Crippen MR) is 88.2 cm³/mol. The van der Waals surface area contributed by atoms with E-state index in [2.05, 4.69) is 11.8 Å². The van der Waals surface area contributed by atoms with Crippen LogP contribution in [0.4, 0.5) is 0 Å². The van der Waals surface area contributed by atoms with E-state index in [4.69, 9.17) is 9.15 Å². The maximum Gasteiger partial charge on any atom is 0.223 e. The van der Waals surface area contributed by atoms with E-state index in [1.54, 1.807) is 6.26 Å². The number of morpholine rings is 1. The van der Waals surface area contributed by atoms with Crippen molar-refractivity contribution in [2.45, 2.75) is 38.6 Å². The lowest BCUT2D eigenvalue weighted by Crippen LogP contribution is -2.49. The van der Waals surface area contributed by atoms with Crippen LogP contribution in [0.25, 0.3) is 0 Å². The summed E-state index contributed by atoms with van der Waals surface area (Å²) in [7, 11) is 0. The molecule has 5 nitrogen and oxygen atoms in total. The Morgan fingerprint density at radius 3 is 2.65 bits per heavy atom. The molecule has 1 aromatic rings. The fraction of sp³-hybridized carbons (Fsp3) is 0.722. The summed E-state index contributed by atoms with van der Waals surface area (Å²) in [5.41, 5.74) is 0. The molecule has 2 fully saturated rings. The van der Waals surface area contributed by atoms with E-state index in [0.717, 1.165) is 58.0 Å². The predicted octanol–water partition coefficient (Wildman–Crippen LogP) is 2.17. The SMILES string of the molecule is C[C@H](C1CCN(C(=O)CCc2ccco2)CC1)N1CCOCC1. The maximum absolute atomic E-state index is 12.3. The molecule has 23 heavy (non-hydrogen) atoms. The molecule has 2 saturated heterocycles. The highest BCUT2D eigenvalue weighted by atomic mass is 16.5. The van der Waals surface area contributed by atoms with Crippen LogP contribution >= 0.6 is 0 Å². The summed E-state index contributed by atoms with van der Waals surface area (Å²) in [5.74, 6) is 1.86. The average molecular weight is 320 g/mol. The number of ether oxygens (including phenoxy) is 1. The van der Waals surface area contributed by atoms with E-state index >= 15 is 0 Å². The van der Waals surface area contributed by atoms with Crippen LogP contribution in [0.1, 0.15) is 31.9 Å². The van der Waals surface area contributed by atoms with E-state index in [9.17, 15) is 4.79 Å². The minimum atomic E-state index is 0.263. The first kappa shape index (κ1) is 16.5. The zero-order valence-electron chi connectivity index (χ0n) is 14.1. The number of likely N-dealkylation sites (tertiary alicyclic amines) is 1. The summed E-state index contributed by atoms with van der Waals surface area (Å²) in [6.45, 7) is 7.94. The van der Waals surface area contributed by atoms with Crippen LogP contribution in [-0.4, -0.2) is 61.1 Å². The minimum Gasteiger partial charge on any atom is -0.469 e. The van der Waals surface area contributed by atoms with Gasteiger partial charge in [-0.2, -0.15) is 0 Å². The van der Waals surface area contributed by atoms with Crippen LogP contribution in [0, 0.1) is 5.92 Å². The van der Waals surface area contributed by atoms with Crippen LogP contribution in [0.15, 0.2) is 22.8 Å². The van der Waals surface area contributed by atoms with Crippen molar-refractivity contribution in [3.63, 3.8) is 0 Å². The second-order valence-electron chi connectivity index (χ2n) is 6.69. The van der Waals surface area contributed by atoms with Gasteiger partial charge in [0.25, 0.3) is 0 Å². The van der Waals surface area contributed by atoms with Gasteiger partial charge in [-0.15, -0.1) is 0 Å². The number of carbonyl (C=O) groups is 1. The van der Waals surface area contributed by atoms with Crippen LogP contribution in [0.2, 0.25) is 0 Å². The van der Waals surface area contributed by atoms with Crippen molar-refractivity contribution in [1.29, 1.82) is 0 Å². The second kappa shape index (κ2) is 7.97. The smallest absolute Gasteiger partial charge is 0.223 e. The molecule has 0 unspecified atom stereocenters. The van der Waals surface area contributed by atoms with Gasteiger partial charge in [0.05, 0.1) is 19.5 Å². The molecule has 3 heterocycles. The molecule has 2 aliphatic rings. The Labute approximate surface area is 138 Å². The lowest BCUT2D eigenvalue weighted by Gasteiger charge is -2.41. The number of nitrogens with zero attached hydrogens (tertiary/aromatic N) is 2.